The van der Waals surface area contributed by atoms with E-state index < -0.39 is 6.55 Å². The van der Waals surface area contributed by atoms with E-state index in [0.717, 1.165) is 22.7 Å². The van der Waals surface area contributed by atoms with Crippen LogP contribution in [0.4, 0.5) is 8.78 Å². The van der Waals surface area contributed by atoms with E-state index in [1.54, 1.807) is 36.2 Å². The third-order valence-electron chi connectivity index (χ3n) is 3.95. The first-order valence-electron chi connectivity index (χ1n) is 7.94. The summed E-state index contributed by atoms with van der Waals surface area (Å²) in [6.45, 7) is 3.52. The number of hydrogen-bond acceptors (Lipinski definition) is 3. The molecule has 1 unspecified atom stereocenters. The van der Waals surface area contributed by atoms with E-state index in [4.69, 9.17) is 0 Å². The van der Waals surface area contributed by atoms with Crippen molar-refractivity contribution in [1.29, 1.82) is 0 Å². The van der Waals surface area contributed by atoms with Gasteiger partial charge in [-0.05, 0) is 31.4 Å². The lowest BCUT2D eigenvalue weighted by atomic mass is 10.0. The number of alkyl halides is 2. The highest BCUT2D eigenvalue weighted by Crippen LogP contribution is 2.29. The van der Waals surface area contributed by atoms with Crippen LogP contribution in [0.25, 0.3) is 11.0 Å². The molecule has 0 radical (unpaired) electrons. The fourth-order valence-corrected chi connectivity index (χ4v) is 3.56. The molecule has 0 saturated carbocycles. The molecule has 1 heterocycles. The molecule has 132 valence electrons. The second-order valence-corrected chi connectivity index (χ2v) is 7.25. The van der Waals surface area contributed by atoms with Gasteiger partial charge in [0, 0.05) is 13.1 Å². The molecule has 2 aromatic rings. The summed E-state index contributed by atoms with van der Waals surface area (Å²) in [6, 6.07) is 6.87. The predicted molar refractivity (Wildman–Crippen MR) is 93.4 cm³/mol. The Morgan fingerprint density at radius 2 is 1.96 bits per heavy atom. The molecule has 1 aromatic carbocycles. The van der Waals surface area contributed by atoms with Crippen LogP contribution in [0.1, 0.15) is 33.7 Å². The molecule has 7 heteroatoms. The number of para-hydroxylation sites is 2. The van der Waals surface area contributed by atoms with Crippen molar-refractivity contribution in [2.45, 2.75) is 44.9 Å². The monoisotopic (exact) mass is 355 g/mol. The van der Waals surface area contributed by atoms with Gasteiger partial charge in [-0.1, -0.05) is 37.7 Å². The Kier molecular flexibility index (Phi) is 6.21. The smallest absolute Gasteiger partial charge is 0.321 e. The molecular weight excluding hydrogens is 332 g/mol. The van der Waals surface area contributed by atoms with Crippen molar-refractivity contribution in [2.24, 2.45) is 5.92 Å². The van der Waals surface area contributed by atoms with Gasteiger partial charge in [-0.2, -0.15) is 8.78 Å². The number of aromatic nitrogens is 2. The first-order chi connectivity index (χ1) is 11.3. The number of hydrogen-bond donors (Lipinski definition) is 0. The van der Waals surface area contributed by atoms with Gasteiger partial charge >= 0.3 is 6.55 Å². The Bertz CT molecular complexity index is 702. The van der Waals surface area contributed by atoms with Crippen molar-refractivity contribution in [3.63, 3.8) is 0 Å². The maximum atomic E-state index is 13.4. The zero-order chi connectivity index (χ0) is 17.9. The lowest BCUT2D eigenvalue weighted by Gasteiger charge is -2.26. The van der Waals surface area contributed by atoms with Gasteiger partial charge in [-0.15, -0.1) is 0 Å². The molecule has 0 fully saturated rings. The molecule has 0 bridgehead atoms. The molecule has 1 amide bonds. The quantitative estimate of drug-likeness (QED) is 0.690. The third kappa shape index (κ3) is 4.26. The minimum Gasteiger partial charge on any atom is -0.342 e. The number of carbonyl (C=O) groups excluding carboxylic acids is 1. The SMILES string of the molecule is CC(C)CC(C)N(C)C(=O)CSc1nc2ccccc2n1C(F)F. The Morgan fingerprint density at radius 1 is 1.29 bits per heavy atom. The number of amides is 1. The van der Waals surface area contributed by atoms with Crippen LogP contribution in [0.3, 0.4) is 0 Å². The lowest BCUT2D eigenvalue weighted by molar-refractivity contribution is -0.129. The summed E-state index contributed by atoms with van der Waals surface area (Å²) in [7, 11) is 1.76. The van der Waals surface area contributed by atoms with Crippen LogP contribution in [-0.4, -0.2) is 39.2 Å². The van der Waals surface area contributed by atoms with Crippen LogP contribution in [0.15, 0.2) is 29.4 Å². The van der Waals surface area contributed by atoms with Crippen LogP contribution in [0.2, 0.25) is 0 Å². The highest BCUT2D eigenvalue weighted by Gasteiger charge is 2.21. The molecule has 2 rings (SSSR count). The number of fused-ring (bicyclic) bond motifs is 1. The molecule has 1 aromatic heterocycles. The number of nitrogens with zero attached hydrogens (tertiary/aromatic N) is 3. The van der Waals surface area contributed by atoms with E-state index in [1.807, 2.05) is 6.92 Å². The summed E-state index contributed by atoms with van der Waals surface area (Å²) in [5, 5.41) is 0.171. The van der Waals surface area contributed by atoms with Crippen molar-refractivity contribution in [1.82, 2.24) is 14.5 Å². The van der Waals surface area contributed by atoms with Gasteiger partial charge in [0.2, 0.25) is 5.91 Å². The largest absolute Gasteiger partial charge is 0.342 e. The molecule has 0 aliphatic heterocycles. The Morgan fingerprint density at radius 3 is 2.58 bits per heavy atom. The average Bonchev–Trinajstić information content (AvgIpc) is 2.89. The summed E-state index contributed by atoms with van der Waals surface area (Å²) in [6.07, 6.45) is 0.905. The first kappa shape index (κ1) is 18.7. The number of halogens is 2. The summed E-state index contributed by atoms with van der Waals surface area (Å²) in [4.78, 5) is 18.2. The second kappa shape index (κ2) is 7.96. The topological polar surface area (TPSA) is 38.1 Å². The summed E-state index contributed by atoms with van der Waals surface area (Å²) in [5.74, 6) is 0.501. The zero-order valence-electron chi connectivity index (χ0n) is 14.4. The minimum atomic E-state index is -2.69. The molecule has 0 aliphatic carbocycles. The van der Waals surface area contributed by atoms with Gasteiger partial charge in [0.15, 0.2) is 5.16 Å². The maximum Gasteiger partial charge on any atom is 0.321 e. The van der Waals surface area contributed by atoms with Gasteiger partial charge in [-0.25, -0.2) is 4.98 Å². The molecule has 4 nitrogen and oxygen atoms in total. The van der Waals surface area contributed by atoms with Crippen LogP contribution < -0.4 is 0 Å². The molecule has 0 aliphatic rings. The third-order valence-corrected chi connectivity index (χ3v) is 4.89. The second-order valence-electron chi connectivity index (χ2n) is 6.30. The van der Waals surface area contributed by atoms with Gasteiger partial charge in [0.05, 0.1) is 16.8 Å². The van der Waals surface area contributed by atoms with Crippen molar-refractivity contribution in [3.05, 3.63) is 24.3 Å². The van der Waals surface area contributed by atoms with E-state index in [-0.39, 0.29) is 22.9 Å². The fourth-order valence-electron chi connectivity index (χ4n) is 2.63. The van der Waals surface area contributed by atoms with Gasteiger partial charge in [-0.3, -0.25) is 9.36 Å². The van der Waals surface area contributed by atoms with Gasteiger partial charge in [0.1, 0.15) is 0 Å². The Labute approximate surface area is 145 Å². The molecule has 0 saturated heterocycles. The zero-order valence-corrected chi connectivity index (χ0v) is 15.2. The van der Waals surface area contributed by atoms with Gasteiger partial charge < -0.3 is 4.90 Å². The molecule has 0 spiro atoms. The number of imidazole rings is 1. The maximum absolute atomic E-state index is 13.4. The highest BCUT2D eigenvalue weighted by atomic mass is 32.2. The Balaban J connectivity index is 2.10. The lowest BCUT2D eigenvalue weighted by Crippen LogP contribution is -2.37. The Hall–Kier alpha value is -1.63. The fraction of sp³-hybridized carbons (Fsp3) is 0.529. The number of carbonyl (C=O) groups is 1. The number of benzene rings is 1. The molecule has 24 heavy (non-hydrogen) atoms. The predicted octanol–water partition coefficient (Wildman–Crippen LogP) is 4.42. The van der Waals surface area contributed by atoms with Crippen molar-refractivity contribution in [2.75, 3.05) is 12.8 Å². The van der Waals surface area contributed by atoms with Gasteiger partial charge in [0.25, 0.3) is 0 Å². The highest BCUT2D eigenvalue weighted by molar-refractivity contribution is 7.99. The van der Waals surface area contributed by atoms with Crippen molar-refractivity contribution < 1.29 is 13.6 Å². The molecule has 0 N–H and O–H groups in total. The van der Waals surface area contributed by atoms with E-state index in [9.17, 15) is 13.6 Å². The van der Waals surface area contributed by atoms with Crippen LogP contribution >= 0.6 is 11.8 Å². The normalized spacial score (nSPS) is 13.0. The van der Waals surface area contributed by atoms with E-state index >= 15 is 0 Å². The van der Waals surface area contributed by atoms with Crippen molar-refractivity contribution >= 4 is 28.7 Å². The number of thioether (sulfide) groups is 1. The van der Waals surface area contributed by atoms with E-state index in [1.165, 1.54) is 0 Å². The van der Waals surface area contributed by atoms with Crippen LogP contribution in [-0.2, 0) is 4.79 Å². The molecule has 1 atom stereocenters. The minimum absolute atomic E-state index is 0.0824. The number of rotatable bonds is 7. The van der Waals surface area contributed by atoms with Crippen molar-refractivity contribution in [3.8, 4) is 0 Å². The average molecular weight is 355 g/mol. The van der Waals surface area contributed by atoms with E-state index in [0.29, 0.717) is 17.0 Å². The van der Waals surface area contributed by atoms with E-state index in [2.05, 4.69) is 18.8 Å². The standard InChI is InChI=1S/C17H23F2N3OS/c1-11(2)9-12(3)21(4)15(23)10-24-17-20-13-7-5-6-8-14(13)22(17)16(18)19/h5-8,11-12,16H,9-10H2,1-4H3. The van der Waals surface area contributed by atoms with Crippen LogP contribution in [0, 0.1) is 5.92 Å². The molecular formula is C17H23F2N3OS. The summed E-state index contributed by atoms with van der Waals surface area (Å²) < 4.78 is 27.6. The first-order valence-corrected chi connectivity index (χ1v) is 8.93. The van der Waals surface area contributed by atoms with Crippen LogP contribution in [0.5, 0.6) is 0 Å². The summed E-state index contributed by atoms with van der Waals surface area (Å²) in [5.41, 5.74) is 0.887. The summed E-state index contributed by atoms with van der Waals surface area (Å²) >= 11 is 1.05.